The van der Waals surface area contributed by atoms with E-state index < -0.39 is 28.5 Å². The predicted molar refractivity (Wildman–Crippen MR) is 158 cm³/mol. The minimum absolute atomic E-state index is 0.00959. The SMILES string of the molecule is CCCNC(=O)[C@@H](CC)N(CCc1ccccc1)C(=O)CN(c1cccc(Cl)c1)S(=O)(=O)c1ccc(OC)cc1. The highest BCUT2D eigenvalue weighted by atomic mass is 35.5. The number of amides is 2. The molecule has 1 N–H and O–H groups in total. The number of anilines is 1. The van der Waals surface area contributed by atoms with Gasteiger partial charge in [-0.15, -0.1) is 0 Å². The van der Waals surface area contributed by atoms with Crippen molar-refractivity contribution < 1.29 is 22.7 Å². The van der Waals surface area contributed by atoms with Crippen LogP contribution in [0.4, 0.5) is 5.69 Å². The smallest absolute Gasteiger partial charge is 0.264 e. The fourth-order valence-electron chi connectivity index (χ4n) is 4.30. The Morgan fingerprint density at radius 2 is 1.68 bits per heavy atom. The standard InChI is InChI=1S/C30H36ClN3O5S/c1-4-19-32-30(36)28(5-2)33(20-18-23-10-7-6-8-11-23)29(35)22-34(25-13-9-12-24(31)21-25)40(37,38)27-16-14-26(39-3)15-17-27/h6-17,21,28H,4-5,18-20,22H2,1-3H3,(H,32,36)/t28-/m1/s1. The Kier molecular flexibility index (Phi) is 11.4. The van der Waals surface area contributed by atoms with Crippen LogP contribution >= 0.6 is 11.6 Å². The van der Waals surface area contributed by atoms with Crippen LogP contribution in [-0.2, 0) is 26.0 Å². The van der Waals surface area contributed by atoms with Gasteiger partial charge in [-0.3, -0.25) is 13.9 Å². The molecule has 0 radical (unpaired) electrons. The molecule has 0 aromatic heterocycles. The van der Waals surface area contributed by atoms with Crippen molar-refractivity contribution in [2.45, 2.75) is 44.0 Å². The van der Waals surface area contributed by atoms with E-state index in [0.29, 0.717) is 30.2 Å². The van der Waals surface area contributed by atoms with Crippen molar-refractivity contribution in [1.82, 2.24) is 10.2 Å². The summed E-state index contributed by atoms with van der Waals surface area (Å²) in [6.07, 6.45) is 1.63. The van der Waals surface area contributed by atoms with Crippen molar-refractivity contribution in [3.63, 3.8) is 0 Å². The number of carbonyl (C=O) groups is 2. The van der Waals surface area contributed by atoms with Gasteiger partial charge in [0.15, 0.2) is 0 Å². The molecule has 3 rings (SSSR count). The summed E-state index contributed by atoms with van der Waals surface area (Å²) < 4.78 is 34.0. The molecule has 10 heteroatoms. The van der Waals surface area contributed by atoms with E-state index in [9.17, 15) is 18.0 Å². The monoisotopic (exact) mass is 585 g/mol. The number of ether oxygens (including phenoxy) is 1. The molecule has 0 bridgehead atoms. The molecule has 0 aliphatic carbocycles. The van der Waals surface area contributed by atoms with Crippen LogP contribution in [0.1, 0.15) is 32.3 Å². The van der Waals surface area contributed by atoms with Crippen molar-refractivity contribution in [2.24, 2.45) is 0 Å². The molecule has 0 aliphatic heterocycles. The van der Waals surface area contributed by atoms with E-state index in [1.54, 1.807) is 30.3 Å². The van der Waals surface area contributed by atoms with Crippen LogP contribution in [0.5, 0.6) is 5.75 Å². The van der Waals surface area contributed by atoms with Gasteiger partial charge in [-0.05, 0) is 67.3 Å². The molecule has 214 valence electrons. The summed E-state index contributed by atoms with van der Waals surface area (Å²) in [4.78, 5) is 28.6. The van der Waals surface area contributed by atoms with Crippen LogP contribution < -0.4 is 14.4 Å². The van der Waals surface area contributed by atoms with Gasteiger partial charge in [-0.2, -0.15) is 0 Å². The largest absolute Gasteiger partial charge is 0.497 e. The van der Waals surface area contributed by atoms with E-state index in [1.807, 2.05) is 44.2 Å². The number of halogens is 1. The molecule has 3 aromatic rings. The van der Waals surface area contributed by atoms with Crippen molar-refractivity contribution >= 4 is 39.1 Å². The number of nitrogens with zero attached hydrogens (tertiary/aromatic N) is 2. The molecule has 8 nitrogen and oxygen atoms in total. The maximum Gasteiger partial charge on any atom is 0.264 e. The van der Waals surface area contributed by atoms with E-state index in [2.05, 4.69) is 5.32 Å². The zero-order chi connectivity index (χ0) is 29.1. The minimum atomic E-state index is -4.19. The van der Waals surface area contributed by atoms with E-state index in [1.165, 1.54) is 30.2 Å². The molecule has 3 aromatic carbocycles. The van der Waals surface area contributed by atoms with Crippen molar-refractivity contribution in [1.29, 1.82) is 0 Å². The van der Waals surface area contributed by atoms with Gasteiger partial charge in [0.05, 0.1) is 17.7 Å². The molecule has 0 saturated heterocycles. The number of carbonyl (C=O) groups excluding carboxylic acids is 2. The van der Waals surface area contributed by atoms with Crippen LogP contribution in [0.15, 0.2) is 83.8 Å². The Morgan fingerprint density at radius 3 is 2.27 bits per heavy atom. The number of hydrogen-bond acceptors (Lipinski definition) is 5. The molecule has 40 heavy (non-hydrogen) atoms. The highest BCUT2D eigenvalue weighted by Gasteiger charge is 2.33. The molecule has 0 spiro atoms. The molecule has 0 heterocycles. The van der Waals surface area contributed by atoms with Gasteiger partial charge in [0.2, 0.25) is 11.8 Å². The number of hydrogen-bond donors (Lipinski definition) is 1. The predicted octanol–water partition coefficient (Wildman–Crippen LogP) is 4.92. The first-order valence-corrected chi connectivity index (χ1v) is 15.1. The first-order chi connectivity index (χ1) is 19.2. The van der Waals surface area contributed by atoms with E-state index in [-0.39, 0.29) is 23.0 Å². The number of rotatable bonds is 14. The van der Waals surface area contributed by atoms with Crippen molar-refractivity contribution in [3.8, 4) is 5.75 Å². The topological polar surface area (TPSA) is 96.0 Å². The highest BCUT2D eigenvalue weighted by Crippen LogP contribution is 2.27. The second kappa shape index (κ2) is 14.7. The second-order valence-corrected chi connectivity index (χ2v) is 11.5. The zero-order valence-corrected chi connectivity index (χ0v) is 24.6. The van der Waals surface area contributed by atoms with Gasteiger partial charge in [0, 0.05) is 18.1 Å². The lowest BCUT2D eigenvalue weighted by molar-refractivity contribution is -0.139. The summed E-state index contributed by atoms with van der Waals surface area (Å²) in [6.45, 7) is 4.00. The Bertz CT molecular complexity index is 1370. The summed E-state index contributed by atoms with van der Waals surface area (Å²) in [5.74, 6) is -0.259. The first-order valence-electron chi connectivity index (χ1n) is 13.2. The molecule has 2 amide bonds. The van der Waals surface area contributed by atoms with Gasteiger partial charge in [0.1, 0.15) is 18.3 Å². The number of sulfonamides is 1. The molecule has 0 unspecified atom stereocenters. The number of nitrogens with one attached hydrogen (secondary N) is 1. The fraction of sp³-hybridized carbons (Fsp3) is 0.333. The molecular formula is C30H36ClN3O5S. The van der Waals surface area contributed by atoms with Crippen LogP contribution in [0.3, 0.4) is 0 Å². The van der Waals surface area contributed by atoms with Crippen LogP contribution in [0, 0.1) is 0 Å². The first kappa shape index (κ1) is 31.0. The minimum Gasteiger partial charge on any atom is -0.497 e. The third-order valence-electron chi connectivity index (χ3n) is 6.44. The Labute approximate surface area is 241 Å². The summed E-state index contributed by atoms with van der Waals surface area (Å²) >= 11 is 6.22. The molecule has 0 aliphatic rings. The van der Waals surface area contributed by atoms with Gasteiger partial charge in [-0.25, -0.2) is 8.42 Å². The Balaban J connectivity index is 2.00. The quantitative estimate of drug-likeness (QED) is 0.290. The summed E-state index contributed by atoms with van der Waals surface area (Å²) in [5.41, 5.74) is 1.24. The van der Waals surface area contributed by atoms with Crippen LogP contribution in [0.25, 0.3) is 0 Å². The highest BCUT2D eigenvalue weighted by molar-refractivity contribution is 7.92. The number of benzene rings is 3. The van der Waals surface area contributed by atoms with Gasteiger partial charge < -0.3 is 15.0 Å². The summed E-state index contributed by atoms with van der Waals surface area (Å²) in [7, 11) is -2.70. The van der Waals surface area contributed by atoms with Crippen molar-refractivity contribution in [2.75, 3.05) is 31.0 Å². The number of methoxy groups -OCH3 is 1. The van der Waals surface area contributed by atoms with Crippen molar-refractivity contribution in [3.05, 3.63) is 89.4 Å². The maximum absolute atomic E-state index is 14.0. The van der Waals surface area contributed by atoms with Crippen LogP contribution in [-0.4, -0.2) is 57.9 Å². The lowest BCUT2D eigenvalue weighted by Crippen LogP contribution is -2.53. The molecule has 1 atom stereocenters. The summed E-state index contributed by atoms with van der Waals surface area (Å²) in [6, 6.07) is 21.2. The van der Waals surface area contributed by atoms with E-state index in [4.69, 9.17) is 16.3 Å². The lowest BCUT2D eigenvalue weighted by atomic mass is 10.1. The maximum atomic E-state index is 14.0. The van der Waals surface area contributed by atoms with Gasteiger partial charge in [0.25, 0.3) is 10.0 Å². The third kappa shape index (κ3) is 7.99. The Morgan fingerprint density at radius 1 is 0.975 bits per heavy atom. The van der Waals surface area contributed by atoms with Crippen LogP contribution in [0.2, 0.25) is 5.02 Å². The average molecular weight is 586 g/mol. The zero-order valence-electron chi connectivity index (χ0n) is 23.0. The summed E-state index contributed by atoms with van der Waals surface area (Å²) in [5, 5.41) is 3.21. The van der Waals surface area contributed by atoms with E-state index in [0.717, 1.165) is 16.3 Å². The Hall–Kier alpha value is -3.56. The second-order valence-electron chi connectivity index (χ2n) is 9.20. The third-order valence-corrected chi connectivity index (χ3v) is 8.47. The molecular weight excluding hydrogens is 550 g/mol. The lowest BCUT2D eigenvalue weighted by Gasteiger charge is -2.33. The van der Waals surface area contributed by atoms with Gasteiger partial charge in [-0.1, -0.05) is 61.8 Å². The molecule has 0 saturated carbocycles. The average Bonchev–Trinajstić information content (AvgIpc) is 2.97. The molecule has 0 fully saturated rings. The van der Waals surface area contributed by atoms with E-state index >= 15 is 0 Å². The fourth-order valence-corrected chi connectivity index (χ4v) is 5.89. The van der Waals surface area contributed by atoms with Gasteiger partial charge >= 0.3 is 0 Å². The normalized spacial score (nSPS) is 11.9.